The first-order chi connectivity index (χ1) is 14.3. The van der Waals surface area contributed by atoms with E-state index < -0.39 is 24.0 Å². The Kier molecular flexibility index (Phi) is 4.33. The summed E-state index contributed by atoms with van der Waals surface area (Å²) in [6, 6.07) is -0.0842. The number of aromatic nitrogens is 3. The SMILES string of the molecule is O=C1NC(C(F)(F)F)CC1Cc1cnn2cc(CNC(=O)C3CC3=C3CC3)nc2c1. The van der Waals surface area contributed by atoms with Crippen LogP contribution in [0.5, 0.6) is 0 Å². The molecule has 7 nitrogen and oxygen atoms in total. The van der Waals surface area contributed by atoms with Gasteiger partial charge in [-0.15, -0.1) is 0 Å². The molecule has 2 aromatic heterocycles. The molecule has 5 rings (SSSR count). The predicted octanol–water partition coefficient (Wildman–Crippen LogP) is 2.07. The number of allylic oxidation sites excluding steroid dienone is 1. The van der Waals surface area contributed by atoms with Crippen LogP contribution in [0, 0.1) is 11.8 Å². The maximum atomic E-state index is 12.8. The Morgan fingerprint density at radius 2 is 2.13 bits per heavy atom. The molecule has 3 fully saturated rings. The molecule has 0 aromatic carbocycles. The highest BCUT2D eigenvalue weighted by molar-refractivity contribution is 5.86. The zero-order chi connectivity index (χ0) is 21.0. The maximum absolute atomic E-state index is 12.8. The summed E-state index contributed by atoms with van der Waals surface area (Å²) in [5.41, 5.74) is 4.53. The van der Waals surface area contributed by atoms with Gasteiger partial charge in [-0.3, -0.25) is 9.59 Å². The van der Waals surface area contributed by atoms with E-state index in [4.69, 9.17) is 0 Å². The normalized spacial score (nSPS) is 25.6. The number of rotatable bonds is 5. The molecule has 2 aromatic rings. The second-order valence-corrected chi connectivity index (χ2v) is 8.24. The van der Waals surface area contributed by atoms with Gasteiger partial charge in [0.15, 0.2) is 5.65 Å². The van der Waals surface area contributed by atoms with E-state index in [-0.39, 0.29) is 31.2 Å². The molecule has 1 aliphatic heterocycles. The van der Waals surface area contributed by atoms with Gasteiger partial charge >= 0.3 is 6.18 Å². The Bertz CT molecular complexity index is 1070. The Morgan fingerprint density at radius 1 is 1.33 bits per heavy atom. The van der Waals surface area contributed by atoms with Crippen LogP contribution < -0.4 is 10.6 Å². The van der Waals surface area contributed by atoms with E-state index >= 15 is 0 Å². The first-order valence-corrected chi connectivity index (χ1v) is 9.96. The van der Waals surface area contributed by atoms with E-state index in [1.165, 1.54) is 17.3 Å². The van der Waals surface area contributed by atoms with Crippen LogP contribution in [0.2, 0.25) is 0 Å². The molecule has 2 amide bonds. The topological polar surface area (TPSA) is 88.4 Å². The van der Waals surface area contributed by atoms with Crippen molar-refractivity contribution in [3.63, 3.8) is 0 Å². The standard InChI is InChI=1S/C20H20F3N5O2/c21-20(22,23)16-5-12(18(29)27-16)3-10-4-17-26-13(9-28(17)25-7-10)8-24-19(30)15-6-14(15)11-1-2-11/h4,7,9,12,15-16H,1-3,5-6,8H2,(H,24,30)(H,27,29). The molecule has 10 heteroatoms. The number of hydrogen-bond acceptors (Lipinski definition) is 4. The third kappa shape index (κ3) is 3.78. The summed E-state index contributed by atoms with van der Waals surface area (Å²) < 4.78 is 40.0. The molecule has 3 aliphatic rings. The summed E-state index contributed by atoms with van der Waals surface area (Å²) in [4.78, 5) is 28.5. The van der Waals surface area contributed by atoms with Crippen LogP contribution in [0.15, 0.2) is 29.6 Å². The molecule has 2 aliphatic carbocycles. The molecule has 3 heterocycles. The Hall–Kier alpha value is -2.91. The second-order valence-electron chi connectivity index (χ2n) is 8.24. The van der Waals surface area contributed by atoms with E-state index in [9.17, 15) is 22.8 Å². The van der Waals surface area contributed by atoms with Crippen molar-refractivity contribution in [2.45, 2.75) is 50.9 Å². The van der Waals surface area contributed by atoms with Gasteiger partial charge in [-0.05, 0) is 43.7 Å². The molecular weight excluding hydrogens is 399 g/mol. The highest BCUT2D eigenvalue weighted by Gasteiger charge is 2.47. The summed E-state index contributed by atoms with van der Waals surface area (Å²) in [5.74, 6) is -1.31. The van der Waals surface area contributed by atoms with E-state index in [2.05, 4.69) is 15.4 Å². The monoisotopic (exact) mass is 419 g/mol. The third-order valence-electron chi connectivity index (χ3n) is 5.91. The number of nitrogens with one attached hydrogen (secondary N) is 2. The van der Waals surface area contributed by atoms with Crippen molar-refractivity contribution in [1.82, 2.24) is 25.2 Å². The van der Waals surface area contributed by atoms with Gasteiger partial charge in [0.2, 0.25) is 11.8 Å². The van der Waals surface area contributed by atoms with Gasteiger partial charge in [-0.1, -0.05) is 11.1 Å². The second kappa shape index (κ2) is 6.82. The lowest BCUT2D eigenvalue weighted by atomic mass is 9.97. The summed E-state index contributed by atoms with van der Waals surface area (Å²) in [6.07, 6.45) is 1.79. The number of fused-ring (bicyclic) bond motifs is 1. The number of carbonyl (C=O) groups excluding carboxylic acids is 2. The molecule has 2 saturated carbocycles. The average Bonchev–Trinajstić information content (AvgIpc) is 3.58. The number of alkyl halides is 3. The third-order valence-corrected chi connectivity index (χ3v) is 5.91. The minimum absolute atomic E-state index is 0.0153. The zero-order valence-electron chi connectivity index (χ0n) is 16.0. The van der Waals surface area contributed by atoms with Crippen molar-refractivity contribution in [3.05, 3.63) is 40.9 Å². The van der Waals surface area contributed by atoms with E-state index in [1.807, 2.05) is 5.32 Å². The highest BCUT2D eigenvalue weighted by atomic mass is 19.4. The average molecular weight is 419 g/mol. The molecule has 3 unspecified atom stereocenters. The van der Waals surface area contributed by atoms with Gasteiger partial charge in [-0.25, -0.2) is 9.50 Å². The van der Waals surface area contributed by atoms with E-state index in [1.54, 1.807) is 16.8 Å². The molecular formula is C20H20F3N5O2. The summed E-state index contributed by atoms with van der Waals surface area (Å²) >= 11 is 0. The smallest absolute Gasteiger partial charge is 0.350 e. The van der Waals surface area contributed by atoms with Crippen LogP contribution in [-0.2, 0) is 22.6 Å². The van der Waals surface area contributed by atoms with Crippen molar-refractivity contribution in [2.24, 2.45) is 11.8 Å². The minimum atomic E-state index is -4.44. The molecule has 2 N–H and O–H groups in total. The Labute approximate surface area is 169 Å². The van der Waals surface area contributed by atoms with Crippen LogP contribution in [0.1, 0.15) is 36.9 Å². The van der Waals surface area contributed by atoms with Gasteiger partial charge in [0.1, 0.15) is 6.04 Å². The Balaban J connectivity index is 1.21. The fourth-order valence-corrected chi connectivity index (χ4v) is 4.06. The molecule has 1 saturated heterocycles. The Morgan fingerprint density at radius 3 is 2.83 bits per heavy atom. The van der Waals surface area contributed by atoms with Gasteiger partial charge in [-0.2, -0.15) is 18.3 Å². The molecule has 0 radical (unpaired) electrons. The van der Waals surface area contributed by atoms with Crippen molar-refractivity contribution in [2.75, 3.05) is 0 Å². The van der Waals surface area contributed by atoms with E-state index in [0.29, 0.717) is 16.9 Å². The number of halogens is 3. The minimum Gasteiger partial charge on any atom is -0.350 e. The van der Waals surface area contributed by atoms with Crippen molar-refractivity contribution >= 4 is 17.5 Å². The van der Waals surface area contributed by atoms with Crippen LogP contribution >= 0.6 is 0 Å². The number of imidazole rings is 1. The lowest BCUT2D eigenvalue weighted by Crippen LogP contribution is -2.38. The summed E-state index contributed by atoms with van der Waals surface area (Å²) in [7, 11) is 0. The number of carbonyl (C=O) groups is 2. The lowest BCUT2D eigenvalue weighted by molar-refractivity contribution is -0.154. The molecule has 30 heavy (non-hydrogen) atoms. The van der Waals surface area contributed by atoms with Gasteiger partial charge in [0.05, 0.1) is 30.6 Å². The first-order valence-electron chi connectivity index (χ1n) is 9.96. The summed E-state index contributed by atoms with van der Waals surface area (Å²) in [6.45, 7) is 0.287. The van der Waals surface area contributed by atoms with E-state index in [0.717, 1.165) is 19.3 Å². The van der Waals surface area contributed by atoms with Gasteiger partial charge < -0.3 is 10.6 Å². The zero-order valence-corrected chi connectivity index (χ0v) is 16.0. The van der Waals surface area contributed by atoms with Crippen LogP contribution in [-0.4, -0.2) is 38.6 Å². The predicted molar refractivity (Wildman–Crippen MR) is 99.0 cm³/mol. The molecule has 0 spiro atoms. The van der Waals surface area contributed by atoms with Crippen molar-refractivity contribution < 1.29 is 22.8 Å². The maximum Gasteiger partial charge on any atom is 0.408 e. The van der Waals surface area contributed by atoms with Crippen LogP contribution in [0.4, 0.5) is 13.2 Å². The van der Waals surface area contributed by atoms with Crippen LogP contribution in [0.3, 0.4) is 0 Å². The molecule has 158 valence electrons. The first kappa shape index (κ1) is 19.1. The van der Waals surface area contributed by atoms with Crippen molar-refractivity contribution in [1.29, 1.82) is 0 Å². The lowest BCUT2D eigenvalue weighted by Gasteiger charge is -2.13. The van der Waals surface area contributed by atoms with Gasteiger partial charge in [0, 0.05) is 5.92 Å². The fraction of sp³-hybridized carbons (Fsp3) is 0.500. The fourth-order valence-electron chi connectivity index (χ4n) is 4.06. The quantitative estimate of drug-likeness (QED) is 0.727. The molecule has 0 bridgehead atoms. The molecule has 3 atom stereocenters. The number of nitrogens with zero attached hydrogens (tertiary/aromatic N) is 3. The number of amides is 2. The number of hydrogen-bond donors (Lipinski definition) is 2. The summed E-state index contributed by atoms with van der Waals surface area (Å²) in [5, 5.41) is 9.14. The highest BCUT2D eigenvalue weighted by Crippen LogP contribution is 2.48. The van der Waals surface area contributed by atoms with Gasteiger partial charge in [0.25, 0.3) is 0 Å². The van der Waals surface area contributed by atoms with Crippen molar-refractivity contribution in [3.8, 4) is 0 Å². The largest absolute Gasteiger partial charge is 0.408 e. The van der Waals surface area contributed by atoms with Crippen LogP contribution in [0.25, 0.3) is 5.65 Å².